The number of benzene rings is 2. The number of carbonyl (C=O) groups is 4. The van der Waals surface area contributed by atoms with E-state index in [2.05, 4.69) is 20.0 Å². The maximum absolute atomic E-state index is 13.2. The lowest BCUT2D eigenvalue weighted by Crippen LogP contribution is -2.54. The summed E-state index contributed by atoms with van der Waals surface area (Å²) in [7, 11) is 0. The molecule has 0 bridgehead atoms. The van der Waals surface area contributed by atoms with E-state index in [9.17, 15) is 29.3 Å². The minimum Gasteiger partial charge on any atom is -0.371 e. The van der Waals surface area contributed by atoms with Gasteiger partial charge in [-0.3, -0.25) is 44.4 Å². The third-order valence-corrected chi connectivity index (χ3v) is 10.4. The number of nitrogens with one attached hydrogen (secondary N) is 1. The molecule has 0 radical (unpaired) electrons. The van der Waals surface area contributed by atoms with Gasteiger partial charge in [0.15, 0.2) is 0 Å². The van der Waals surface area contributed by atoms with Crippen molar-refractivity contribution in [2.45, 2.75) is 44.6 Å². The van der Waals surface area contributed by atoms with E-state index in [0.717, 1.165) is 74.9 Å². The molecule has 1 N–H and O–H groups in total. The molecule has 12 nitrogen and oxygen atoms in total. The highest BCUT2D eigenvalue weighted by atomic mass is 16.6. The van der Waals surface area contributed by atoms with Crippen molar-refractivity contribution in [3.63, 3.8) is 0 Å². The average Bonchev–Trinajstić information content (AvgIpc) is 3.26. The largest absolute Gasteiger partial charge is 0.371 e. The number of anilines is 2. The Bertz CT molecular complexity index is 1520. The van der Waals surface area contributed by atoms with E-state index in [1.165, 1.54) is 12.8 Å². The van der Waals surface area contributed by atoms with Gasteiger partial charge >= 0.3 is 0 Å². The molecule has 1 atom stereocenters. The molecule has 1 aliphatic carbocycles. The predicted octanol–water partition coefficient (Wildman–Crippen LogP) is 2.81. The molecule has 2 aromatic carbocycles. The molecule has 3 saturated heterocycles. The zero-order valence-corrected chi connectivity index (χ0v) is 24.6. The minimum atomic E-state index is -0.955. The summed E-state index contributed by atoms with van der Waals surface area (Å²) in [5, 5.41) is 13.2. The van der Waals surface area contributed by atoms with Gasteiger partial charge in [-0.25, -0.2) is 0 Å². The van der Waals surface area contributed by atoms with Crippen LogP contribution in [0, 0.1) is 21.4 Å². The molecule has 4 amide bonds. The molecule has 4 heterocycles. The molecule has 12 heteroatoms. The van der Waals surface area contributed by atoms with Gasteiger partial charge in [-0.1, -0.05) is 0 Å². The van der Waals surface area contributed by atoms with Crippen LogP contribution in [-0.4, -0.2) is 90.2 Å². The van der Waals surface area contributed by atoms with E-state index in [4.69, 9.17) is 0 Å². The van der Waals surface area contributed by atoms with Crippen molar-refractivity contribution in [2.75, 3.05) is 55.6 Å². The summed E-state index contributed by atoms with van der Waals surface area (Å²) in [6.07, 6.45) is 4.93. The average molecular weight is 601 g/mol. The number of fused-ring (bicyclic) bond motifs is 1. The van der Waals surface area contributed by atoms with Crippen LogP contribution in [0.5, 0.6) is 0 Å². The van der Waals surface area contributed by atoms with Crippen LogP contribution in [0.2, 0.25) is 0 Å². The normalized spacial score (nSPS) is 24.0. The Morgan fingerprint density at radius 3 is 2.11 bits per heavy atom. The Morgan fingerprint density at radius 1 is 0.818 bits per heavy atom. The van der Waals surface area contributed by atoms with Gasteiger partial charge in [0.05, 0.1) is 16.1 Å². The Hall–Kier alpha value is -4.32. The first-order valence-corrected chi connectivity index (χ1v) is 15.5. The van der Waals surface area contributed by atoms with E-state index in [1.807, 2.05) is 18.2 Å². The highest BCUT2D eigenvalue weighted by Crippen LogP contribution is 2.53. The fourth-order valence-electron chi connectivity index (χ4n) is 7.94. The number of imide groups is 2. The van der Waals surface area contributed by atoms with E-state index in [-0.39, 0.29) is 29.4 Å². The van der Waals surface area contributed by atoms with Crippen LogP contribution >= 0.6 is 0 Å². The van der Waals surface area contributed by atoms with Gasteiger partial charge in [0.1, 0.15) is 6.04 Å². The molecule has 1 saturated carbocycles. The Kier molecular flexibility index (Phi) is 7.11. The van der Waals surface area contributed by atoms with Crippen LogP contribution in [0.3, 0.4) is 0 Å². The van der Waals surface area contributed by atoms with Gasteiger partial charge in [0, 0.05) is 75.7 Å². The third kappa shape index (κ3) is 5.10. The molecule has 2 aromatic rings. The monoisotopic (exact) mass is 600 g/mol. The fraction of sp³-hybridized carbons (Fsp3) is 0.500. The van der Waals surface area contributed by atoms with Gasteiger partial charge in [0.2, 0.25) is 11.8 Å². The van der Waals surface area contributed by atoms with Crippen molar-refractivity contribution in [1.82, 2.24) is 15.1 Å². The van der Waals surface area contributed by atoms with Gasteiger partial charge in [0.25, 0.3) is 17.5 Å². The van der Waals surface area contributed by atoms with Gasteiger partial charge in [-0.15, -0.1) is 0 Å². The maximum Gasteiger partial charge on any atom is 0.269 e. The number of nitrogens with zero attached hydrogens (tertiary/aromatic N) is 5. The number of piperazine rings is 1. The van der Waals surface area contributed by atoms with Crippen molar-refractivity contribution in [3.8, 4) is 0 Å². The van der Waals surface area contributed by atoms with Gasteiger partial charge in [-0.2, -0.15) is 0 Å². The number of hydrogen-bond acceptors (Lipinski definition) is 9. The van der Waals surface area contributed by atoms with E-state index in [0.29, 0.717) is 22.5 Å². The van der Waals surface area contributed by atoms with E-state index >= 15 is 0 Å². The van der Waals surface area contributed by atoms with E-state index < -0.39 is 23.8 Å². The lowest BCUT2D eigenvalue weighted by atomic mass is 9.57. The predicted molar refractivity (Wildman–Crippen MR) is 161 cm³/mol. The SMILES string of the molecule is O=C1CCC(N2C(=O)c3ccc(N4CCC5(CC4)CC(CN4CCN(c6ccc([N+](=O)[O-])cc6)CC4)C5)cc3C2=O)C(=O)N1. The van der Waals surface area contributed by atoms with Crippen LogP contribution in [0.15, 0.2) is 42.5 Å². The molecule has 230 valence electrons. The van der Waals surface area contributed by atoms with Crippen LogP contribution in [0.1, 0.15) is 59.2 Å². The topological polar surface area (TPSA) is 136 Å². The van der Waals surface area contributed by atoms with Crippen molar-refractivity contribution in [3.05, 3.63) is 63.7 Å². The number of nitro benzene ring substituents is 1. The summed E-state index contributed by atoms with van der Waals surface area (Å²) < 4.78 is 0. The smallest absolute Gasteiger partial charge is 0.269 e. The summed E-state index contributed by atoms with van der Waals surface area (Å²) >= 11 is 0. The number of non-ortho nitro benzene ring substituents is 1. The van der Waals surface area contributed by atoms with Crippen molar-refractivity contribution < 1.29 is 24.1 Å². The Balaban J connectivity index is 0.891. The molecule has 4 aliphatic heterocycles. The Morgan fingerprint density at radius 2 is 1.45 bits per heavy atom. The number of hydrogen-bond donors (Lipinski definition) is 1. The summed E-state index contributed by atoms with van der Waals surface area (Å²) in [6, 6.07) is 11.3. The van der Waals surface area contributed by atoms with Gasteiger partial charge in [-0.05, 0) is 73.8 Å². The zero-order valence-electron chi connectivity index (χ0n) is 24.6. The summed E-state index contributed by atoms with van der Waals surface area (Å²) in [4.78, 5) is 68.9. The van der Waals surface area contributed by atoms with Crippen molar-refractivity contribution >= 4 is 40.7 Å². The van der Waals surface area contributed by atoms with E-state index in [1.54, 1.807) is 24.3 Å². The second-order valence-corrected chi connectivity index (χ2v) is 13.0. The highest BCUT2D eigenvalue weighted by molar-refractivity contribution is 6.23. The van der Waals surface area contributed by atoms with Crippen LogP contribution < -0.4 is 15.1 Å². The Labute approximate surface area is 255 Å². The molecule has 44 heavy (non-hydrogen) atoms. The van der Waals surface area contributed by atoms with Crippen molar-refractivity contribution in [2.24, 2.45) is 11.3 Å². The minimum absolute atomic E-state index is 0.104. The number of amides is 4. The molecular weight excluding hydrogens is 564 g/mol. The standard InChI is InChI=1S/C32H36N6O6/c39-28-8-7-27(29(40)33-28)37-30(41)25-6-5-24(17-26(25)31(37)42)35-11-9-32(10-12-35)18-21(19-32)20-34-13-15-36(16-14-34)22-1-3-23(4-2-22)38(43)44/h1-6,17,21,27H,7-16,18-20H2,(H,33,39,40). The number of carbonyl (C=O) groups excluding carboxylic acids is 4. The number of rotatable bonds is 6. The molecule has 0 aromatic heterocycles. The summed E-state index contributed by atoms with van der Waals surface area (Å²) in [6.45, 7) is 6.75. The second-order valence-electron chi connectivity index (χ2n) is 13.0. The number of nitro groups is 1. The molecule has 7 rings (SSSR count). The summed E-state index contributed by atoms with van der Waals surface area (Å²) in [5.41, 5.74) is 3.10. The first-order chi connectivity index (χ1) is 21.2. The molecule has 5 aliphatic rings. The lowest BCUT2D eigenvalue weighted by Gasteiger charge is -2.54. The quantitative estimate of drug-likeness (QED) is 0.302. The van der Waals surface area contributed by atoms with Crippen LogP contribution in [0.4, 0.5) is 17.1 Å². The first kappa shape index (κ1) is 28.5. The highest BCUT2D eigenvalue weighted by Gasteiger charge is 2.47. The maximum atomic E-state index is 13.2. The van der Waals surface area contributed by atoms with Crippen molar-refractivity contribution in [1.29, 1.82) is 0 Å². The number of piperidine rings is 2. The molecule has 1 unspecified atom stereocenters. The molecule has 1 spiro atoms. The zero-order chi connectivity index (χ0) is 30.6. The lowest BCUT2D eigenvalue weighted by molar-refractivity contribution is -0.384. The summed E-state index contributed by atoms with van der Waals surface area (Å²) in [5.74, 6) is -1.22. The fourth-order valence-corrected chi connectivity index (χ4v) is 7.94. The third-order valence-electron chi connectivity index (χ3n) is 10.4. The molecule has 4 fully saturated rings. The molecular formula is C32H36N6O6. The van der Waals surface area contributed by atoms with Crippen LogP contribution in [0.25, 0.3) is 0 Å². The second kappa shape index (κ2) is 11.0. The first-order valence-electron chi connectivity index (χ1n) is 15.5. The van der Waals surface area contributed by atoms with Gasteiger partial charge < -0.3 is 9.80 Å². The van der Waals surface area contributed by atoms with Crippen LogP contribution in [-0.2, 0) is 9.59 Å².